The highest BCUT2D eigenvalue weighted by atomic mass is 35.5. The second kappa shape index (κ2) is 7.08. The Hall–Kier alpha value is -2.63. The predicted molar refractivity (Wildman–Crippen MR) is 91.6 cm³/mol. The molecule has 2 heterocycles. The third kappa shape index (κ3) is 3.68. The maximum atomic E-state index is 13.3. The highest BCUT2D eigenvalue weighted by Crippen LogP contribution is 2.34. The zero-order chi connectivity index (χ0) is 20.8. The largest absolute Gasteiger partial charge is 0.453 e. The lowest BCUT2D eigenvalue weighted by Crippen LogP contribution is -2.26. The van der Waals surface area contributed by atoms with E-state index in [4.69, 9.17) is 39.6 Å². The molecule has 0 saturated heterocycles. The summed E-state index contributed by atoms with van der Waals surface area (Å²) in [5, 5.41) is 10.0. The Labute approximate surface area is 167 Å². The van der Waals surface area contributed by atoms with Crippen LogP contribution in [0.15, 0.2) is 24.4 Å². The van der Waals surface area contributed by atoms with E-state index in [2.05, 4.69) is 9.97 Å². The second-order valence-corrected chi connectivity index (χ2v) is 6.40. The van der Waals surface area contributed by atoms with E-state index in [1.54, 1.807) is 0 Å². The van der Waals surface area contributed by atoms with Gasteiger partial charge in [-0.3, -0.25) is 10.1 Å². The number of hydrogen-bond donors (Lipinski definition) is 0. The molecule has 0 unspecified atom stereocenters. The third-order valence-electron chi connectivity index (χ3n) is 3.30. The molecule has 1 aromatic carbocycles. The van der Waals surface area contributed by atoms with E-state index in [9.17, 15) is 28.1 Å². The molecule has 0 radical (unpaired) electrons. The van der Waals surface area contributed by atoms with E-state index in [0.29, 0.717) is 0 Å². The van der Waals surface area contributed by atoms with Gasteiger partial charge in [0.15, 0.2) is 5.65 Å². The minimum atomic E-state index is -5.02. The number of aromatic nitrogens is 3. The van der Waals surface area contributed by atoms with Gasteiger partial charge in [-0.25, -0.2) is 14.8 Å². The Morgan fingerprint density at radius 3 is 2.46 bits per heavy atom. The second-order valence-electron chi connectivity index (χ2n) is 5.15. The van der Waals surface area contributed by atoms with Gasteiger partial charge in [0, 0.05) is 17.3 Å². The van der Waals surface area contributed by atoms with Crippen LogP contribution in [0.25, 0.3) is 11.2 Å². The van der Waals surface area contributed by atoms with Crippen molar-refractivity contribution in [3.8, 4) is 0 Å². The molecule has 0 aliphatic carbocycles. The van der Waals surface area contributed by atoms with E-state index in [1.165, 1.54) is 0 Å². The summed E-state index contributed by atoms with van der Waals surface area (Å²) in [6.45, 7) is 0. The Morgan fingerprint density at radius 1 is 1.18 bits per heavy atom. The number of pyridine rings is 1. The number of benzene rings is 1. The van der Waals surface area contributed by atoms with Crippen molar-refractivity contribution in [2.45, 2.75) is 6.18 Å². The maximum Gasteiger partial charge on any atom is 0.453 e. The lowest BCUT2D eigenvalue weighted by Gasteiger charge is -2.11. The minimum Gasteiger partial charge on any atom is -0.329 e. The highest BCUT2D eigenvalue weighted by Gasteiger charge is 2.40. The van der Waals surface area contributed by atoms with Gasteiger partial charge in [-0.05, 0) is 12.1 Å². The molecule has 0 amide bonds. The molecular formula is C14H4Cl3F3N4O4. The van der Waals surface area contributed by atoms with Crippen LogP contribution < -0.4 is 4.84 Å². The van der Waals surface area contributed by atoms with E-state index >= 15 is 0 Å². The summed E-state index contributed by atoms with van der Waals surface area (Å²) >= 11 is 17.2. The summed E-state index contributed by atoms with van der Waals surface area (Å²) in [6, 6.07) is 2.83. The fraction of sp³-hybridized carbons (Fsp3) is 0.0714. The molecule has 14 heteroatoms. The molecule has 0 aliphatic rings. The monoisotopic (exact) mass is 454 g/mol. The van der Waals surface area contributed by atoms with Crippen LogP contribution in [0.5, 0.6) is 0 Å². The zero-order valence-corrected chi connectivity index (χ0v) is 15.3. The number of hydrogen-bond acceptors (Lipinski definition) is 6. The smallest absolute Gasteiger partial charge is 0.329 e. The number of rotatable bonds is 3. The molecule has 8 nitrogen and oxygen atoms in total. The van der Waals surface area contributed by atoms with Crippen molar-refractivity contribution in [1.82, 2.24) is 14.7 Å². The molecule has 0 bridgehead atoms. The molecule has 0 aliphatic heterocycles. The molecule has 3 rings (SSSR count). The van der Waals surface area contributed by atoms with Crippen LogP contribution in [-0.2, 0) is 6.18 Å². The van der Waals surface area contributed by atoms with Crippen LogP contribution in [0.2, 0.25) is 15.1 Å². The van der Waals surface area contributed by atoms with Gasteiger partial charge in [-0.15, -0.1) is 4.73 Å². The predicted octanol–water partition coefficient (Wildman–Crippen LogP) is 4.59. The average Bonchev–Trinajstić information content (AvgIpc) is 2.94. The van der Waals surface area contributed by atoms with Crippen LogP contribution in [0.3, 0.4) is 0 Å². The number of nitrogens with zero attached hydrogens (tertiary/aromatic N) is 4. The first-order valence-corrected chi connectivity index (χ1v) is 8.09. The minimum absolute atomic E-state index is 0.0464. The topological polar surface area (TPSA) is 100 Å². The summed E-state index contributed by atoms with van der Waals surface area (Å²) in [4.78, 5) is 34.2. The number of nitro benzene ring substituents is 1. The van der Waals surface area contributed by atoms with E-state index in [-0.39, 0.29) is 20.3 Å². The molecule has 0 N–H and O–H groups in total. The zero-order valence-electron chi connectivity index (χ0n) is 13.0. The Bertz CT molecular complexity index is 1130. The lowest BCUT2D eigenvalue weighted by atomic mass is 10.2. The van der Waals surface area contributed by atoms with Gasteiger partial charge >= 0.3 is 12.1 Å². The normalized spacial score (nSPS) is 11.6. The van der Waals surface area contributed by atoms with Gasteiger partial charge in [-0.1, -0.05) is 34.8 Å². The van der Waals surface area contributed by atoms with Crippen molar-refractivity contribution in [3.63, 3.8) is 0 Å². The Balaban J connectivity index is 2.14. The maximum absolute atomic E-state index is 13.3. The van der Waals surface area contributed by atoms with Crippen LogP contribution in [-0.4, -0.2) is 25.6 Å². The molecule has 28 heavy (non-hydrogen) atoms. The number of nitro groups is 1. The highest BCUT2D eigenvalue weighted by molar-refractivity contribution is 6.37. The van der Waals surface area contributed by atoms with Gasteiger partial charge in [0.2, 0.25) is 0 Å². The Kier molecular flexibility index (Phi) is 5.08. The lowest BCUT2D eigenvalue weighted by molar-refractivity contribution is -0.384. The molecule has 146 valence electrons. The summed E-state index contributed by atoms with van der Waals surface area (Å²) < 4.78 is 39.9. The quantitative estimate of drug-likeness (QED) is 0.423. The number of alkyl halides is 3. The van der Waals surface area contributed by atoms with Gasteiger partial charge in [0.05, 0.1) is 15.5 Å². The third-order valence-corrected chi connectivity index (χ3v) is 4.12. The molecule has 2 aromatic heterocycles. The van der Waals surface area contributed by atoms with Crippen LogP contribution in [0.4, 0.5) is 18.9 Å². The average molecular weight is 456 g/mol. The van der Waals surface area contributed by atoms with Crippen molar-refractivity contribution in [2.24, 2.45) is 0 Å². The molecule has 0 atom stereocenters. The number of carbonyl (C=O) groups excluding carboxylic acids is 1. The standard InChI is InChI=1S/C14H4Cl3F3N4O4/c15-5-1-7(10(17)8(2-5)24(26)27)12(25)28-23-9-3-6(16)4-21-11(9)22-13(23)14(18,19)20/h1-4H. The summed E-state index contributed by atoms with van der Waals surface area (Å²) in [5.41, 5.74) is -2.10. The number of imidazole rings is 1. The number of halogens is 6. The SMILES string of the molecule is O=C(On1c(C(F)(F)F)nc2ncc(Cl)cc21)c1cc(Cl)cc([N+](=O)[O-])c1Cl. The van der Waals surface area contributed by atoms with Crippen LogP contribution in [0, 0.1) is 10.1 Å². The van der Waals surface area contributed by atoms with Crippen LogP contribution in [0.1, 0.15) is 16.2 Å². The Morgan fingerprint density at radius 2 is 1.86 bits per heavy atom. The summed E-state index contributed by atoms with van der Waals surface area (Å²) in [5.74, 6) is -3.04. The van der Waals surface area contributed by atoms with E-state index < -0.39 is 44.8 Å². The van der Waals surface area contributed by atoms with Gasteiger partial charge < -0.3 is 4.84 Å². The first-order valence-electron chi connectivity index (χ1n) is 6.96. The fourth-order valence-electron chi connectivity index (χ4n) is 2.18. The van der Waals surface area contributed by atoms with Crippen molar-refractivity contribution in [3.05, 3.63) is 61.0 Å². The molecule has 0 saturated carbocycles. The first-order chi connectivity index (χ1) is 13.0. The van der Waals surface area contributed by atoms with Crippen molar-refractivity contribution in [1.29, 1.82) is 0 Å². The van der Waals surface area contributed by atoms with Gasteiger partial charge in [0.25, 0.3) is 11.5 Å². The van der Waals surface area contributed by atoms with E-state index in [0.717, 1.165) is 24.4 Å². The van der Waals surface area contributed by atoms with Crippen molar-refractivity contribution >= 4 is 57.6 Å². The number of carbonyl (C=O) groups is 1. The molecule has 0 fully saturated rings. The van der Waals surface area contributed by atoms with Crippen molar-refractivity contribution < 1.29 is 27.7 Å². The molecule has 0 spiro atoms. The summed E-state index contributed by atoms with van der Waals surface area (Å²) in [7, 11) is 0. The number of fused-ring (bicyclic) bond motifs is 1. The first kappa shape index (κ1) is 20.1. The van der Waals surface area contributed by atoms with Crippen molar-refractivity contribution in [2.75, 3.05) is 0 Å². The summed E-state index contributed by atoms with van der Waals surface area (Å²) in [6.07, 6.45) is -3.96. The van der Waals surface area contributed by atoms with Crippen LogP contribution >= 0.6 is 34.8 Å². The fourth-order valence-corrected chi connectivity index (χ4v) is 2.80. The van der Waals surface area contributed by atoms with E-state index in [1.807, 2.05) is 0 Å². The van der Waals surface area contributed by atoms with Gasteiger partial charge in [-0.2, -0.15) is 13.2 Å². The molecule has 3 aromatic rings. The molecular weight excluding hydrogens is 452 g/mol. The van der Waals surface area contributed by atoms with Gasteiger partial charge in [0.1, 0.15) is 10.5 Å².